The summed E-state index contributed by atoms with van der Waals surface area (Å²) in [5.74, 6) is 0.908. The lowest BCUT2D eigenvalue weighted by molar-refractivity contribution is -0.137. The van der Waals surface area contributed by atoms with Crippen LogP contribution in [-0.4, -0.2) is 24.7 Å². The van der Waals surface area contributed by atoms with E-state index in [9.17, 15) is 13.2 Å². The minimum Gasteiger partial charge on any atom is -0.304 e. The van der Waals surface area contributed by atoms with Crippen LogP contribution in [0.5, 0.6) is 0 Å². The molecule has 5 nitrogen and oxygen atoms in total. The fraction of sp³-hybridized carbons (Fsp3) is 0.200. The lowest BCUT2D eigenvalue weighted by Gasteiger charge is -2.08. The van der Waals surface area contributed by atoms with Gasteiger partial charge in [-0.2, -0.15) is 13.2 Å². The lowest BCUT2D eigenvalue weighted by Crippen LogP contribution is -2.05. The van der Waals surface area contributed by atoms with Gasteiger partial charge in [0.1, 0.15) is 5.69 Å². The summed E-state index contributed by atoms with van der Waals surface area (Å²) >= 11 is 1.31. The van der Waals surface area contributed by atoms with Gasteiger partial charge in [0, 0.05) is 25.2 Å². The van der Waals surface area contributed by atoms with Crippen LogP contribution in [0.2, 0.25) is 0 Å². The molecule has 0 bridgehead atoms. The number of nitrogens with zero attached hydrogens (tertiary/aromatic N) is 5. The second-order valence-corrected chi connectivity index (χ2v) is 5.89. The van der Waals surface area contributed by atoms with Gasteiger partial charge in [0.05, 0.1) is 11.8 Å². The Hall–Kier alpha value is -2.42. The van der Waals surface area contributed by atoms with E-state index >= 15 is 0 Å². The molecule has 0 atom stereocenters. The van der Waals surface area contributed by atoms with Crippen LogP contribution in [0.1, 0.15) is 11.1 Å². The Bertz CT molecular complexity index is 833. The molecule has 2 heterocycles. The minimum absolute atomic E-state index is 0.358. The number of benzene rings is 1. The van der Waals surface area contributed by atoms with E-state index in [1.165, 1.54) is 17.8 Å². The number of halogens is 3. The maximum atomic E-state index is 12.7. The van der Waals surface area contributed by atoms with E-state index < -0.39 is 11.7 Å². The average Bonchev–Trinajstić information content (AvgIpc) is 2.94. The smallest absolute Gasteiger partial charge is 0.304 e. The van der Waals surface area contributed by atoms with Crippen molar-refractivity contribution in [2.45, 2.75) is 17.1 Å². The predicted octanol–water partition coefficient (Wildman–Crippen LogP) is 3.58. The lowest BCUT2D eigenvalue weighted by atomic mass is 10.1. The van der Waals surface area contributed by atoms with E-state index in [1.54, 1.807) is 36.3 Å². The van der Waals surface area contributed by atoms with Crippen LogP contribution < -0.4 is 0 Å². The van der Waals surface area contributed by atoms with Gasteiger partial charge in [-0.05, 0) is 11.6 Å². The van der Waals surface area contributed by atoms with Gasteiger partial charge in [0.25, 0.3) is 0 Å². The highest BCUT2D eigenvalue weighted by Crippen LogP contribution is 2.31. The Morgan fingerprint density at radius 3 is 2.71 bits per heavy atom. The molecule has 0 radical (unpaired) electrons. The Labute approximate surface area is 140 Å². The van der Waals surface area contributed by atoms with Gasteiger partial charge in [0.2, 0.25) is 0 Å². The largest absolute Gasteiger partial charge is 0.416 e. The molecule has 0 N–H and O–H groups in total. The molecule has 0 saturated heterocycles. The van der Waals surface area contributed by atoms with Crippen molar-refractivity contribution in [1.29, 1.82) is 0 Å². The molecule has 0 aliphatic heterocycles. The molecule has 0 aliphatic rings. The van der Waals surface area contributed by atoms with Crippen molar-refractivity contribution in [3.05, 3.63) is 54.0 Å². The summed E-state index contributed by atoms with van der Waals surface area (Å²) in [6.07, 6.45) is 0.346. The van der Waals surface area contributed by atoms with Gasteiger partial charge in [-0.3, -0.25) is 4.98 Å². The molecule has 1 aromatic carbocycles. The summed E-state index contributed by atoms with van der Waals surface area (Å²) in [6.45, 7) is 0. The third-order valence-corrected chi connectivity index (χ3v) is 4.34. The quantitative estimate of drug-likeness (QED) is 0.673. The van der Waals surface area contributed by atoms with Crippen LogP contribution in [0.4, 0.5) is 13.2 Å². The summed E-state index contributed by atoms with van der Waals surface area (Å²) < 4.78 is 40.0. The normalized spacial score (nSPS) is 11.7. The highest BCUT2D eigenvalue weighted by Gasteiger charge is 2.30. The van der Waals surface area contributed by atoms with Crippen molar-refractivity contribution >= 4 is 11.8 Å². The second-order valence-electron chi connectivity index (χ2n) is 4.94. The van der Waals surface area contributed by atoms with E-state index in [4.69, 9.17) is 0 Å². The topological polar surface area (TPSA) is 56.5 Å². The average molecular weight is 351 g/mol. The highest BCUT2D eigenvalue weighted by atomic mass is 32.2. The number of hydrogen-bond acceptors (Lipinski definition) is 5. The molecule has 124 valence electrons. The molecule has 0 amide bonds. The number of thioether (sulfide) groups is 1. The number of aromatic nitrogens is 5. The van der Waals surface area contributed by atoms with Gasteiger partial charge in [-0.25, -0.2) is 4.98 Å². The molecule has 3 rings (SSSR count). The minimum atomic E-state index is -4.34. The van der Waals surface area contributed by atoms with E-state index in [1.807, 2.05) is 0 Å². The van der Waals surface area contributed by atoms with Crippen LogP contribution >= 0.6 is 11.8 Å². The fourth-order valence-electron chi connectivity index (χ4n) is 2.06. The summed E-state index contributed by atoms with van der Waals surface area (Å²) in [5.41, 5.74) is 0.496. The summed E-state index contributed by atoms with van der Waals surface area (Å²) in [7, 11) is 1.78. The second kappa shape index (κ2) is 6.60. The molecule has 0 aliphatic carbocycles. The van der Waals surface area contributed by atoms with Crippen molar-refractivity contribution in [2.75, 3.05) is 0 Å². The summed E-state index contributed by atoms with van der Waals surface area (Å²) in [6, 6.07) is 5.26. The van der Waals surface area contributed by atoms with Crippen LogP contribution in [-0.2, 0) is 19.0 Å². The molecule has 0 spiro atoms. The van der Waals surface area contributed by atoms with Gasteiger partial charge >= 0.3 is 6.18 Å². The first-order chi connectivity index (χ1) is 11.4. The molecule has 2 aromatic heterocycles. The Morgan fingerprint density at radius 1 is 1.17 bits per heavy atom. The Kier molecular flexibility index (Phi) is 4.52. The third-order valence-electron chi connectivity index (χ3n) is 3.25. The van der Waals surface area contributed by atoms with Gasteiger partial charge < -0.3 is 4.57 Å². The van der Waals surface area contributed by atoms with Crippen molar-refractivity contribution < 1.29 is 13.2 Å². The maximum absolute atomic E-state index is 12.7. The molecular weight excluding hydrogens is 339 g/mol. The van der Waals surface area contributed by atoms with E-state index in [-0.39, 0.29) is 0 Å². The Morgan fingerprint density at radius 2 is 2.00 bits per heavy atom. The fourth-order valence-corrected chi connectivity index (χ4v) is 2.92. The van der Waals surface area contributed by atoms with Gasteiger partial charge in [-0.15, -0.1) is 10.2 Å². The van der Waals surface area contributed by atoms with Crippen LogP contribution in [0.3, 0.4) is 0 Å². The Balaban J connectivity index is 1.75. The van der Waals surface area contributed by atoms with Gasteiger partial charge in [0.15, 0.2) is 11.0 Å². The van der Waals surface area contributed by atoms with Crippen molar-refractivity contribution in [1.82, 2.24) is 24.7 Å². The third kappa shape index (κ3) is 3.56. The van der Waals surface area contributed by atoms with Crippen molar-refractivity contribution in [3.63, 3.8) is 0 Å². The first-order valence-corrected chi connectivity index (χ1v) is 7.88. The first kappa shape index (κ1) is 16.4. The zero-order chi connectivity index (χ0) is 17.2. The van der Waals surface area contributed by atoms with E-state index in [2.05, 4.69) is 20.2 Å². The molecule has 0 saturated carbocycles. The van der Waals surface area contributed by atoms with Crippen LogP contribution in [0.15, 0.2) is 48.0 Å². The molecule has 0 unspecified atom stereocenters. The summed E-state index contributed by atoms with van der Waals surface area (Å²) in [5, 5.41) is 8.72. The number of rotatable bonds is 4. The predicted molar refractivity (Wildman–Crippen MR) is 83.0 cm³/mol. The molecule has 9 heteroatoms. The first-order valence-electron chi connectivity index (χ1n) is 6.90. The number of hydrogen-bond donors (Lipinski definition) is 0. The monoisotopic (exact) mass is 351 g/mol. The van der Waals surface area contributed by atoms with Crippen LogP contribution in [0, 0.1) is 0 Å². The summed E-state index contributed by atoms with van der Waals surface area (Å²) in [4.78, 5) is 8.14. The molecule has 24 heavy (non-hydrogen) atoms. The maximum Gasteiger partial charge on any atom is 0.416 e. The van der Waals surface area contributed by atoms with Crippen molar-refractivity contribution in [2.24, 2.45) is 7.05 Å². The van der Waals surface area contributed by atoms with Crippen molar-refractivity contribution in [3.8, 4) is 11.5 Å². The standard InChI is InChI=1S/C15H12F3N5S/c1-23-13(12-8-19-5-6-20-12)21-22-14(23)24-9-10-3-2-4-11(7-10)15(16,17)18/h2-8H,9H2,1H3. The highest BCUT2D eigenvalue weighted by molar-refractivity contribution is 7.98. The van der Waals surface area contributed by atoms with Crippen LogP contribution in [0.25, 0.3) is 11.5 Å². The van der Waals surface area contributed by atoms with E-state index in [0.29, 0.717) is 28.0 Å². The molecular formula is C15H12F3N5S. The number of alkyl halides is 3. The molecule has 0 fully saturated rings. The molecule has 3 aromatic rings. The SMILES string of the molecule is Cn1c(SCc2cccc(C(F)(F)F)c2)nnc1-c1cnccn1. The zero-order valence-electron chi connectivity index (χ0n) is 12.5. The zero-order valence-corrected chi connectivity index (χ0v) is 13.3. The van der Waals surface area contributed by atoms with Gasteiger partial charge in [-0.1, -0.05) is 30.0 Å². The van der Waals surface area contributed by atoms with E-state index in [0.717, 1.165) is 12.1 Å².